The average molecular weight is 400 g/mol. The zero-order valence-electron chi connectivity index (χ0n) is 18.4. The molecule has 163 valence electrons. The van der Waals surface area contributed by atoms with Crippen LogP contribution in [0.5, 0.6) is 0 Å². The second-order valence-corrected chi connectivity index (χ2v) is 9.00. The highest BCUT2D eigenvalue weighted by Crippen LogP contribution is 2.41. The van der Waals surface area contributed by atoms with Gasteiger partial charge in [0.25, 0.3) is 0 Å². The third-order valence-electron chi connectivity index (χ3n) is 4.86. The molecule has 28 heavy (non-hydrogen) atoms. The van der Waals surface area contributed by atoms with Gasteiger partial charge in [0.1, 0.15) is 11.6 Å². The molecular weight excluding hydrogens is 362 g/mol. The Kier molecular flexibility index (Phi) is 8.44. The summed E-state index contributed by atoms with van der Waals surface area (Å²) in [6.07, 6.45) is -0.572. The van der Waals surface area contributed by atoms with E-state index >= 15 is 0 Å². The molecular formula is C20H37N3O5-. The van der Waals surface area contributed by atoms with Crippen molar-refractivity contribution < 1.29 is 24.2 Å². The van der Waals surface area contributed by atoms with Gasteiger partial charge in [0.15, 0.2) is 0 Å². The van der Waals surface area contributed by atoms with Gasteiger partial charge in [-0.25, -0.2) is 5.73 Å². The maximum atomic E-state index is 14.0. The lowest BCUT2D eigenvalue weighted by molar-refractivity contribution is -0.582. The van der Waals surface area contributed by atoms with Crippen molar-refractivity contribution in [3.05, 3.63) is 0 Å². The molecule has 0 saturated carbocycles. The first-order valence-corrected chi connectivity index (χ1v) is 10.1. The van der Waals surface area contributed by atoms with Gasteiger partial charge in [-0.15, -0.1) is 0 Å². The van der Waals surface area contributed by atoms with Crippen molar-refractivity contribution in [1.29, 1.82) is 0 Å². The minimum Gasteiger partial charge on any atom is -0.825 e. The van der Waals surface area contributed by atoms with Gasteiger partial charge in [-0.2, -0.15) is 0 Å². The number of carbonyl (C=O) groups is 2. The number of ether oxygens (including phenoxy) is 2. The molecule has 0 aliphatic carbocycles. The number of carbonyl (C=O) groups excluding carboxylic acids is 2. The fourth-order valence-electron chi connectivity index (χ4n) is 2.94. The third-order valence-corrected chi connectivity index (χ3v) is 4.86. The van der Waals surface area contributed by atoms with Crippen LogP contribution < -0.4 is 21.5 Å². The van der Waals surface area contributed by atoms with E-state index in [1.807, 2.05) is 13.8 Å². The molecule has 0 aromatic heterocycles. The van der Waals surface area contributed by atoms with Gasteiger partial charge in [-0.3, -0.25) is 9.59 Å². The number of nitrogens with one attached hydrogen (secondary N) is 3. The number of hydrogen-bond donors (Lipinski definition) is 2. The van der Waals surface area contributed by atoms with Gasteiger partial charge in [-0.05, 0) is 40.0 Å². The second-order valence-electron chi connectivity index (χ2n) is 9.00. The van der Waals surface area contributed by atoms with Gasteiger partial charge >= 0.3 is 0 Å². The molecule has 8 nitrogen and oxygen atoms in total. The van der Waals surface area contributed by atoms with Crippen molar-refractivity contribution >= 4 is 11.8 Å². The smallest absolute Gasteiger partial charge is 0.241 e. The fraction of sp³-hybridized carbons (Fsp3) is 0.900. The molecule has 1 unspecified atom stereocenters. The first-order valence-electron chi connectivity index (χ1n) is 10.1. The molecule has 1 aliphatic heterocycles. The van der Waals surface area contributed by atoms with Crippen LogP contribution in [0.25, 0.3) is 0 Å². The molecule has 5 atom stereocenters. The van der Waals surface area contributed by atoms with E-state index in [1.54, 1.807) is 34.6 Å². The molecule has 0 bridgehead atoms. The van der Waals surface area contributed by atoms with Crippen LogP contribution in [0, 0.1) is 11.8 Å². The normalized spacial score (nSPS) is 24.6. The summed E-state index contributed by atoms with van der Waals surface area (Å²) in [5.74, 6) is -3.02. The lowest BCUT2D eigenvalue weighted by atomic mass is 9.87. The van der Waals surface area contributed by atoms with Crippen LogP contribution in [0.1, 0.15) is 61.8 Å². The van der Waals surface area contributed by atoms with E-state index in [1.165, 1.54) is 6.92 Å². The predicted octanol–water partition coefficient (Wildman–Crippen LogP) is 0.600. The molecule has 8 heteroatoms. The summed E-state index contributed by atoms with van der Waals surface area (Å²) in [5, 5.41) is 19.4. The van der Waals surface area contributed by atoms with Crippen LogP contribution in [-0.4, -0.2) is 54.0 Å². The zero-order chi connectivity index (χ0) is 21.9. The molecule has 1 fully saturated rings. The van der Waals surface area contributed by atoms with E-state index in [0.29, 0.717) is 6.42 Å². The molecule has 1 rings (SSSR count). The monoisotopic (exact) mass is 399 g/mol. The van der Waals surface area contributed by atoms with E-state index in [0.717, 1.165) is 0 Å². The Morgan fingerprint density at radius 1 is 1.14 bits per heavy atom. The van der Waals surface area contributed by atoms with Crippen LogP contribution in [0.4, 0.5) is 0 Å². The summed E-state index contributed by atoms with van der Waals surface area (Å²) >= 11 is 0. The summed E-state index contributed by atoms with van der Waals surface area (Å²) in [4.78, 5) is 24.5. The second kappa shape index (κ2) is 9.52. The van der Waals surface area contributed by atoms with Gasteiger partial charge in [0, 0.05) is 23.8 Å². The van der Waals surface area contributed by atoms with E-state index in [-0.39, 0.29) is 30.4 Å². The van der Waals surface area contributed by atoms with E-state index in [4.69, 9.17) is 15.2 Å². The van der Waals surface area contributed by atoms with Crippen LogP contribution in [0.15, 0.2) is 0 Å². The summed E-state index contributed by atoms with van der Waals surface area (Å²) in [6.45, 7) is 14.4. The van der Waals surface area contributed by atoms with Crippen molar-refractivity contribution in [3.8, 4) is 0 Å². The quantitative estimate of drug-likeness (QED) is 0.388. The van der Waals surface area contributed by atoms with E-state index in [2.05, 4.69) is 10.6 Å². The molecule has 0 aromatic carbocycles. The third kappa shape index (κ3) is 6.14. The van der Waals surface area contributed by atoms with E-state index in [9.17, 15) is 14.7 Å². The molecule has 1 heterocycles. The highest BCUT2D eigenvalue weighted by Gasteiger charge is 2.57. The molecule has 1 radical (unpaired) electrons. The molecule has 1 saturated heterocycles. The highest BCUT2D eigenvalue weighted by molar-refractivity contribution is 5.82. The van der Waals surface area contributed by atoms with Crippen LogP contribution in [0.3, 0.4) is 0 Å². The Labute approximate surface area is 168 Å². The maximum absolute atomic E-state index is 14.0. The minimum absolute atomic E-state index is 0.118. The van der Waals surface area contributed by atoms with Gasteiger partial charge in [0.2, 0.25) is 11.8 Å². The molecule has 2 amide bonds. The first kappa shape index (κ1) is 24.8. The van der Waals surface area contributed by atoms with Crippen molar-refractivity contribution in [2.75, 3.05) is 6.61 Å². The van der Waals surface area contributed by atoms with Gasteiger partial charge in [0.05, 0.1) is 12.7 Å². The Morgan fingerprint density at radius 3 is 2.07 bits per heavy atom. The Hall–Kier alpha value is -1.22. The lowest BCUT2D eigenvalue weighted by Gasteiger charge is -2.52. The Balaban J connectivity index is 3.10. The molecule has 1 aliphatic rings. The standard InChI is InChI=1S/C20H37N3O5/c1-11(2)9-15(23-17(24)12(3)4)20(26,19(8)10-27-19)28-14(7)16(21)18(25)22-13(5)6/h11-16,21H,9-10H2,1-8H3,(H,22,25)(H,23,24)/q-1/t14?,15-,16-,19+,20+/m0/s1. The summed E-state index contributed by atoms with van der Waals surface area (Å²) < 4.78 is 11.3. The number of rotatable bonds is 11. The lowest BCUT2D eigenvalue weighted by Crippen LogP contribution is -2.71. The number of hydrogen-bond acceptors (Lipinski definition) is 5. The largest absolute Gasteiger partial charge is 0.825 e. The highest BCUT2D eigenvalue weighted by atomic mass is 16.7. The summed E-state index contributed by atoms with van der Waals surface area (Å²) in [5.41, 5.74) is 7.04. The molecule has 0 spiro atoms. The zero-order valence-corrected chi connectivity index (χ0v) is 18.4. The average Bonchev–Trinajstić information content (AvgIpc) is 3.31. The minimum atomic E-state index is -2.11. The van der Waals surface area contributed by atoms with Crippen LogP contribution in [-0.2, 0) is 19.1 Å². The number of epoxide rings is 1. The topological polar surface area (TPSA) is 127 Å². The summed E-state index contributed by atoms with van der Waals surface area (Å²) in [6, 6.07) is -2.23. The maximum Gasteiger partial charge on any atom is 0.241 e. The van der Waals surface area contributed by atoms with Gasteiger partial charge in [-0.1, -0.05) is 27.7 Å². The number of amides is 2. The predicted molar refractivity (Wildman–Crippen MR) is 104 cm³/mol. The fourth-order valence-corrected chi connectivity index (χ4v) is 2.94. The first-order chi connectivity index (χ1) is 12.7. The van der Waals surface area contributed by atoms with Crippen molar-refractivity contribution in [3.63, 3.8) is 0 Å². The van der Waals surface area contributed by atoms with Crippen LogP contribution in [0.2, 0.25) is 0 Å². The molecule has 0 aromatic rings. The molecule has 3 N–H and O–H groups in total. The van der Waals surface area contributed by atoms with Crippen LogP contribution >= 0.6 is 0 Å². The Bertz CT molecular complexity index is 548. The van der Waals surface area contributed by atoms with Crippen molar-refractivity contribution in [1.82, 2.24) is 16.4 Å². The van der Waals surface area contributed by atoms with Crippen molar-refractivity contribution in [2.24, 2.45) is 11.8 Å². The SMILES string of the molecule is CC(C)C[C@H](NC(=O)C(C)C)[C@@]([O-])(OC(C)[C@H]([NH])C(=O)NC(C)C)[C@@]1(C)CO1. The van der Waals surface area contributed by atoms with E-state index < -0.39 is 35.5 Å². The Morgan fingerprint density at radius 2 is 1.68 bits per heavy atom. The van der Waals surface area contributed by atoms with Gasteiger partial charge < -0.3 is 25.2 Å². The summed E-state index contributed by atoms with van der Waals surface area (Å²) in [7, 11) is 0. The van der Waals surface area contributed by atoms with Crippen molar-refractivity contribution in [2.45, 2.75) is 97.4 Å².